The van der Waals surface area contributed by atoms with Crippen LogP contribution in [0.1, 0.15) is 11.1 Å². The predicted octanol–water partition coefficient (Wildman–Crippen LogP) is 4.63. The van der Waals surface area contributed by atoms with Gasteiger partial charge in [0.15, 0.2) is 5.11 Å². The monoisotopic (exact) mass is 371 g/mol. The summed E-state index contributed by atoms with van der Waals surface area (Å²) in [5.74, 6) is 0. The van der Waals surface area contributed by atoms with Gasteiger partial charge in [-0.1, -0.05) is 48.0 Å². The molecule has 1 aliphatic rings. The number of nitrogens with one attached hydrogen (secondary N) is 1. The van der Waals surface area contributed by atoms with Gasteiger partial charge >= 0.3 is 0 Å². The number of hydrogen-bond acceptors (Lipinski definition) is 2. The summed E-state index contributed by atoms with van der Waals surface area (Å²) in [6.45, 7) is 5.73. The number of nitrogens with zero attached hydrogens (tertiary/aromatic N) is 2. The summed E-state index contributed by atoms with van der Waals surface area (Å²) in [6.07, 6.45) is 4.33. The number of piperazine rings is 1. The molecule has 1 N–H and O–H groups in total. The van der Waals surface area contributed by atoms with E-state index < -0.39 is 0 Å². The molecule has 0 saturated carbocycles. The van der Waals surface area contributed by atoms with Gasteiger partial charge in [-0.05, 0) is 54.7 Å². The molecule has 25 heavy (non-hydrogen) atoms. The van der Waals surface area contributed by atoms with Crippen LogP contribution in [-0.2, 0) is 0 Å². The average molecular weight is 372 g/mol. The molecule has 0 spiro atoms. The molecule has 0 bridgehead atoms. The first-order chi connectivity index (χ1) is 12.1. The fraction of sp³-hybridized carbons (Fsp3) is 0.250. The highest BCUT2D eigenvalue weighted by Crippen LogP contribution is 2.23. The largest absolute Gasteiger partial charge is 0.374 e. The van der Waals surface area contributed by atoms with Crippen LogP contribution < -0.4 is 5.32 Å². The van der Waals surface area contributed by atoms with E-state index in [2.05, 4.69) is 51.7 Å². The van der Waals surface area contributed by atoms with Gasteiger partial charge in [0, 0.05) is 36.9 Å². The molecular weight excluding hydrogens is 350 g/mol. The van der Waals surface area contributed by atoms with Crippen LogP contribution in [0.4, 0.5) is 5.69 Å². The SMILES string of the molecule is Cc1c(Cl)cccc1NC(=S)N1CCN(/C=C/c2ccccc2)CC1. The topological polar surface area (TPSA) is 18.5 Å². The molecule has 0 atom stereocenters. The number of benzene rings is 2. The molecule has 3 nitrogen and oxygen atoms in total. The van der Waals surface area contributed by atoms with Crippen LogP contribution in [0.3, 0.4) is 0 Å². The van der Waals surface area contributed by atoms with E-state index in [1.807, 2.05) is 31.2 Å². The summed E-state index contributed by atoms with van der Waals surface area (Å²) < 4.78 is 0. The van der Waals surface area contributed by atoms with Crippen LogP contribution in [0.5, 0.6) is 0 Å². The normalized spacial score (nSPS) is 14.8. The van der Waals surface area contributed by atoms with E-state index in [0.29, 0.717) is 0 Å². The molecule has 5 heteroatoms. The van der Waals surface area contributed by atoms with Gasteiger partial charge < -0.3 is 15.1 Å². The van der Waals surface area contributed by atoms with Crippen molar-refractivity contribution >= 4 is 40.7 Å². The number of halogens is 1. The standard InChI is InChI=1S/C20H22ClN3S/c1-16-18(21)8-5-9-19(16)22-20(25)24-14-12-23(13-15-24)11-10-17-6-3-2-4-7-17/h2-11H,12-15H2,1H3,(H,22,25)/b11-10+. The highest BCUT2D eigenvalue weighted by atomic mass is 35.5. The second-order valence-electron chi connectivity index (χ2n) is 6.09. The molecule has 2 aromatic carbocycles. The number of thiocarbonyl (C=S) groups is 1. The van der Waals surface area contributed by atoms with E-state index >= 15 is 0 Å². The summed E-state index contributed by atoms with van der Waals surface area (Å²) in [6, 6.07) is 16.2. The van der Waals surface area contributed by atoms with Gasteiger partial charge in [0.1, 0.15) is 0 Å². The molecule has 0 aliphatic carbocycles. The maximum Gasteiger partial charge on any atom is 0.173 e. The highest BCUT2D eigenvalue weighted by molar-refractivity contribution is 7.80. The van der Waals surface area contributed by atoms with Crippen molar-refractivity contribution in [2.24, 2.45) is 0 Å². The van der Waals surface area contributed by atoms with Crippen LogP contribution in [0.2, 0.25) is 5.02 Å². The molecule has 1 fully saturated rings. The third kappa shape index (κ3) is 4.74. The Balaban J connectivity index is 1.52. The van der Waals surface area contributed by atoms with Crippen LogP contribution in [0.15, 0.2) is 54.7 Å². The van der Waals surface area contributed by atoms with Crippen molar-refractivity contribution in [3.8, 4) is 0 Å². The minimum atomic E-state index is 0.753. The Morgan fingerprint density at radius 1 is 1.04 bits per heavy atom. The van der Waals surface area contributed by atoms with E-state index in [-0.39, 0.29) is 0 Å². The zero-order chi connectivity index (χ0) is 17.6. The van der Waals surface area contributed by atoms with Gasteiger partial charge in [-0.15, -0.1) is 0 Å². The fourth-order valence-electron chi connectivity index (χ4n) is 2.77. The average Bonchev–Trinajstić information content (AvgIpc) is 2.65. The number of hydrogen-bond donors (Lipinski definition) is 1. The molecule has 0 radical (unpaired) electrons. The maximum atomic E-state index is 6.18. The Labute approximate surface area is 159 Å². The minimum absolute atomic E-state index is 0.753. The van der Waals surface area contributed by atoms with Crippen LogP contribution in [0, 0.1) is 6.92 Å². The Morgan fingerprint density at radius 3 is 2.48 bits per heavy atom. The van der Waals surface area contributed by atoms with Crippen LogP contribution in [-0.4, -0.2) is 41.1 Å². The quantitative estimate of drug-likeness (QED) is 0.792. The fourth-order valence-corrected chi connectivity index (χ4v) is 3.23. The lowest BCUT2D eigenvalue weighted by Gasteiger charge is -2.35. The molecule has 2 aromatic rings. The lowest BCUT2D eigenvalue weighted by molar-refractivity contribution is 0.241. The highest BCUT2D eigenvalue weighted by Gasteiger charge is 2.17. The van der Waals surface area contributed by atoms with E-state index in [1.165, 1.54) is 5.56 Å². The Kier molecular flexibility index (Phi) is 5.95. The summed E-state index contributed by atoms with van der Waals surface area (Å²) in [5.41, 5.74) is 3.22. The van der Waals surface area contributed by atoms with Crippen LogP contribution >= 0.6 is 23.8 Å². The Morgan fingerprint density at radius 2 is 1.76 bits per heavy atom. The third-order valence-corrected chi connectivity index (χ3v) is 5.16. The second-order valence-corrected chi connectivity index (χ2v) is 6.89. The van der Waals surface area contributed by atoms with E-state index in [4.69, 9.17) is 23.8 Å². The van der Waals surface area contributed by atoms with Crippen LogP contribution in [0.25, 0.3) is 6.08 Å². The second kappa shape index (κ2) is 8.37. The van der Waals surface area contributed by atoms with Crippen molar-refractivity contribution in [2.45, 2.75) is 6.92 Å². The van der Waals surface area contributed by atoms with Crippen molar-refractivity contribution in [2.75, 3.05) is 31.5 Å². The lowest BCUT2D eigenvalue weighted by Crippen LogP contribution is -2.48. The van der Waals surface area contributed by atoms with Gasteiger partial charge in [0.05, 0.1) is 0 Å². The molecule has 3 rings (SSSR count). The maximum absolute atomic E-state index is 6.18. The molecule has 0 amide bonds. The smallest absolute Gasteiger partial charge is 0.173 e. The molecule has 0 unspecified atom stereocenters. The zero-order valence-electron chi connectivity index (χ0n) is 14.3. The Hall–Kier alpha value is -2.04. The van der Waals surface area contributed by atoms with Crippen molar-refractivity contribution in [3.05, 3.63) is 70.9 Å². The summed E-state index contributed by atoms with van der Waals surface area (Å²) in [4.78, 5) is 4.54. The van der Waals surface area contributed by atoms with Gasteiger partial charge in [-0.2, -0.15) is 0 Å². The summed E-state index contributed by atoms with van der Waals surface area (Å²) >= 11 is 11.8. The molecule has 0 aromatic heterocycles. The number of anilines is 1. The molecule has 130 valence electrons. The lowest BCUT2D eigenvalue weighted by atomic mass is 10.2. The van der Waals surface area contributed by atoms with E-state index in [9.17, 15) is 0 Å². The van der Waals surface area contributed by atoms with Crippen molar-refractivity contribution in [3.63, 3.8) is 0 Å². The van der Waals surface area contributed by atoms with E-state index in [0.717, 1.165) is 47.6 Å². The zero-order valence-corrected chi connectivity index (χ0v) is 15.9. The van der Waals surface area contributed by atoms with Gasteiger partial charge in [0.25, 0.3) is 0 Å². The predicted molar refractivity (Wildman–Crippen MR) is 111 cm³/mol. The molecule has 1 saturated heterocycles. The minimum Gasteiger partial charge on any atom is -0.374 e. The van der Waals surface area contributed by atoms with E-state index in [1.54, 1.807) is 0 Å². The van der Waals surface area contributed by atoms with Gasteiger partial charge in [-0.25, -0.2) is 0 Å². The summed E-state index contributed by atoms with van der Waals surface area (Å²) in [7, 11) is 0. The first kappa shape index (κ1) is 17.8. The first-order valence-electron chi connectivity index (χ1n) is 8.42. The third-order valence-electron chi connectivity index (χ3n) is 4.39. The molecular formula is C20H22ClN3S. The molecule has 1 aliphatic heterocycles. The van der Waals surface area contributed by atoms with Crippen molar-refractivity contribution in [1.29, 1.82) is 0 Å². The van der Waals surface area contributed by atoms with Crippen molar-refractivity contribution < 1.29 is 0 Å². The van der Waals surface area contributed by atoms with Gasteiger partial charge in [-0.3, -0.25) is 0 Å². The molecule has 1 heterocycles. The van der Waals surface area contributed by atoms with Gasteiger partial charge in [0.2, 0.25) is 0 Å². The summed E-state index contributed by atoms with van der Waals surface area (Å²) in [5, 5.41) is 4.84. The Bertz CT molecular complexity index is 753. The first-order valence-corrected chi connectivity index (χ1v) is 9.20. The number of rotatable bonds is 3. The van der Waals surface area contributed by atoms with Crippen molar-refractivity contribution in [1.82, 2.24) is 9.80 Å².